The molecule has 0 aliphatic carbocycles. The maximum atomic E-state index is 13.8. The Morgan fingerprint density at radius 1 is 1.33 bits per heavy atom. The van der Waals surface area contributed by atoms with Crippen LogP contribution in [0.3, 0.4) is 0 Å². The van der Waals surface area contributed by atoms with Gasteiger partial charge in [-0.15, -0.1) is 11.8 Å². The van der Waals surface area contributed by atoms with E-state index in [2.05, 4.69) is 5.32 Å². The van der Waals surface area contributed by atoms with Crippen molar-refractivity contribution in [1.82, 2.24) is 0 Å². The van der Waals surface area contributed by atoms with Gasteiger partial charge in [-0.25, -0.2) is 9.18 Å². The SMILES string of the molecule is Cc1cc(F)c(NC(C)(C)C(=O)O)cc1SCC(F)(F)F. The average molecular weight is 325 g/mol. The lowest BCUT2D eigenvalue weighted by Gasteiger charge is -2.23. The fourth-order valence-corrected chi connectivity index (χ4v) is 2.26. The molecule has 0 saturated carbocycles. The van der Waals surface area contributed by atoms with Gasteiger partial charge in [-0.1, -0.05) is 0 Å². The molecular weight excluding hydrogens is 310 g/mol. The van der Waals surface area contributed by atoms with Gasteiger partial charge >= 0.3 is 12.1 Å². The number of carboxylic acid groups (broad SMARTS) is 1. The van der Waals surface area contributed by atoms with E-state index in [1.165, 1.54) is 26.8 Å². The summed E-state index contributed by atoms with van der Waals surface area (Å²) in [5.74, 6) is -3.01. The molecule has 1 aromatic carbocycles. The van der Waals surface area contributed by atoms with Gasteiger partial charge in [0.15, 0.2) is 0 Å². The van der Waals surface area contributed by atoms with Crippen molar-refractivity contribution in [3.63, 3.8) is 0 Å². The van der Waals surface area contributed by atoms with Gasteiger partial charge in [0, 0.05) is 4.90 Å². The minimum Gasteiger partial charge on any atom is -0.480 e. The zero-order chi connectivity index (χ0) is 16.4. The molecule has 3 nitrogen and oxygen atoms in total. The first kappa shape index (κ1) is 17.6. The van der Waals surface area contributed by atoms with Crippen LogP contribution in [0.2, 0.25) is 0 Å². The van der Waals surface area contributed by atoms with Crippen molar-refractivity contribution in [3.05, 3.63) is 23.5 Å². The van der Waals surface area contributed by atoms with Crippen LogP contribution in [0.1, 0.15) is 19.4 Å². The Morgan fingerprint density at radius 2 is 1.90 bits per heavy atom. The van der Waals surface area contributed by atoms with Crippen LogP contribution in [0.25, 0.3) is 0 Å². The third-order valence-corrected chi connectivity index (χ3v) is 3.86. The minimum atomic E-state index is -4.33. The molecule has 0 unspecified atom stereocenters. The quantitative estimate of drug-likeness (QED) is 0.633. The summed E-state index contributed by atoms with van der Waals surface area (Å²) in [4.78, 5) is 11.3. The van der Waals surface area contributed by atoms with Gasteiger partial charge in [0.25, 0.3) is 0 Å². The van der Waals surface area contributed by atoms with Crippen molar-refractivity contribution in [2.75, 3.05) is 11.1 Å². The number of aryl methyl sites for hydroxylation is 1. The van der Waals surface area contributed by atoms with Crippen molar-refractivity contribution in [2.24, 2.45) is 0 Å². The number of anilines is 1. The summed E-state index contributed by atoms with van der Waals surface area (Å²) in [7, 11) is 0. The molecule has 118 valence electrons. The van der Waals surface area contributed by atoms with E-state index in [9.17, 15) is 22.4 Å². The maximum absolute atomic E-state index is 13.8. The molecule has 0 heterocycles. The van der Waals surface area contributed by atoms with Crippen LogP contribution in [0, 0.1) is 12.7 Å². The molecule has 1 aromatic rings. The van der Waals surface area contributed by atoms with Crippen molar-refractivity contribution in [2.45, 2.75) is 37.4 Å². The fourth-order valence-electron chi connectivity index (χ4n) is 1.45. The first-order chi connectivity index (χ1) is 9.42. The number of alkyl halides is 3. The molecule has 0 fully saturated rings. The van der Waals surface area contributed by atoms with Crippen molar-refractivity contribution < 1.29 is 27.5 Å². The van der Waals surface area contributed by atoms with Crippen LogP contribution in [0.15, 0.2) is 17.0 Å². The topological polar surface area (TPSA) is 49.3 Å². The Kier molecular flexibility index (Phi) is 5.14. The molecule has 0 aliphatic rings. The van der Waals surface area contributed by atoms with E-state index < -0.39 is 29.3 Å². The summed E-state index contributed by atoms with van der Waals surface area (Å²) >= 11 is 0.532. The van der Waals surface area contributed by atoms with Gasteiger partial charge in [-0.3, -0.25) is 0 Å². The van der Waals surface area contributed by atoms with Crippen molar-refractivity contribution >= 4 is 23.4 Å². The van der Waals surface area contributed by atoms with Crippen LogP contribution >= 0.6 is 11.8 Å². The van der Waals surface area contributed by atoms with Gasteiger partial charge in [-0.2, -0.15) is 13.2 Å². The second-order valence-electron chi connectivity index (χ2n) is 5.06. The second kappa shape index (κ2) is 6.13. The summed E-state index contributed by atoms with van der Waals surface area (Å²) in [5.41, 5.74) is -1.22. The summed E-state index contributed by atoms with van der Waals surface area (Å²) in [6, 6.07) is 2.28. The van der Waals surface area contributed by atoms with Crippen molar-refractivity contribution in [1.29, 1.82) is 0 Å². The molecule has 2 N–H and O–H groups in total. The number of thioether (sulfide) groups is 1. The molecule has 0 bridgehead atoms. The minimum absolute atomic E-state index is 0.141. The highest BCUT2D eigenvalue weighted by molar-refractivity contribution is 7.99. The number of nitrogens with one attached hydrogen (secondary N) is 1. The van der Waals surface area contributed by atoms with E-state index in [0.717, 1.165) is 6.07 Å². The molecule has 0 radical (unpaired) electrons. The van der Waals surface area contributed by atoms with Crippen LogP contribution in [0.5, 0.6) is 0 Å². The van der Waals surface area contributed by atoms with E-state index in [1.54, 1.807) is 0 Å². The number of hydrogen-bond donors (Lipinski definition) is 2. The lowest BCUT2D eigenvalue weighted by molar-refractivity contribution is -0.141. The summed E-state index contributed by atoms with van der Waals surface area (Å²) < 4.78 is 50.5. The highest BCUT2D eigenvalue weighted by Gasteiger charge is 2.29. The number of halogens is 4. The Balaban J connectivity index is 3.04. The van der Waals surface area contributed by atoms with Gasteiger partial charge in [0.1, 0.15) is 11.4 Å². The Hall–Kier alpha value is -1.44. The molecule has 0 aliphatic heterocycles. The monoisotopic (exact) mass is 325 g/mol. The Bertz CT molecular complexity index is 544. The lowest BCUT2D eigenvalue weighted by Crippen LogP contribution is -2.40. The highest BCUT2D eigenvalue weighted by Crippen LogP contribution is 2.33. The van der Waals surface area contributed by atoms with Crippen LogP contribution in [-0.2, 0) is 4.79 Å². The van der Waals surface area contributed by atoms with Gasteiger partial charge in [0.05, 0.1) is 11.4 Å². The third kappa shape index (κ3) is 5.11. The largest absolute Gasteiger partial charge is 0.480 e. The van der Waals surface area contributed by atoms with E-state index in [0.29, 0.717) is 17.3 Å². The molecule has 21 heavy (non-hydrogen) atoms. The number of benzene rings is 1. The molecule has 0 spiro atoms. The van der Waals surface area contributed by atoms with E-state index >= 15 is 0 Å². The van der Waals surface area contributed by atoms with Gasteiger partial charge < -0.3 is 10.4 Å². The van der Waals surface area contributed by atoms with Crippen molar-refractivity contribution in [3.8, 4) is 0 Å². The zero-order valence-corrected chi connectivity index (χ0v) is 12.5. The van der Waals surface area contributed by atoms with Crippen LogP contribution in [-0.4, -0.2) is 28.5 Å². The number of carbonyl (C=O) groups is 1. The summed E-state index contributed by atoms with van der Waals surface area (Å²) in [6.07, 6.45) is -4.33. The lowest BCUT2D eigenvalue weighted by atomic mass is 10.1. The fraction of sp³-hybridized carbons (Fsp3) is 0.462. The van der Waals surface area contributed by atoms with Gasteiger partial charge in [-0.05, 0) is 38.5 Å². The molecular formula is C13H15F4NO2S. The molecule has 0 amide bonds. The number of aliphatic carboxylic acids is 1. The standard InChI is InChI=1S/C13H15F4NO2S/c1-7-4-8(14)9(18-12(2,3)11(19)20)5-10(7)21-6-13(15,16)17/h4-5,18H,6H2,1-3H3,(H,19,20). The van der Waals surface area contributed by atoms with Crippen LogP contribution < -0.4 is 5.32 Å². The molecule has 1 rings (SSSR count). The Labute approximate surface area is 123 Å². The normalized spacial score (nSPS) is 12.3. The molecule has 0 saturated heterocycles. The predicted molar refractivity (Wildman–Crippen MR) is 73.3 cm³/mol. The van der Waals surface area contributed by atoms with Crippen LogP contribution in [0.4, 0.5) is 23.2 Å². The second-order valence-corrected chi connectivity index (χ2v) is 6.07. The maximum Gasteiger partial charge on any atom is 0.398 e. The summed E-state index contributed by atoms with van der Waals surface area (Å²) in [6.45, 7) is 4.15. The van der Waals surface area contributed by atoms with Gasteiger partial charge in [0.2, 0.25) is 0 Å². The van der Waals surface area contributed by atoms with E-state index in [-0.39, 0.29) is 10.6 Å². The first-order valence-corrected chi connectivity index (χ1v) is 6.92. The predicted octanol–water partition coefficient (Wildman–Crippen LogP) is 4.06. The molecule has 0 aromatic heterocycles. The Morgan fingerprint density at radius 3 is 2.38 bits per heavy atom. The molecule has 0 atom stereocenters. The van der Waals surface area contributed by atoms with E-state index in [4.69, 9.17) is 5.11 Å². The highest BCUT2D eigenvalue weighted by atomic mass is 32.2. The smallest absolute Gasteiger partial charge is 0.398 e. The first-order valence-electron chi connectivity index (χ1n) is 5.93. The number of hydrogen-bond acceptors (Lipinski definition) is 3. The average Bonchev–Trinajstić information content (AvgIpc) is 2.29. The molecule has 8 heteroatoms. The summed E-state index contributed by atoms with van der Waals surface area (Å²) in [5, 5.41) is 11.5. The number of rotatable bonds is 5. The third-order valence-electron chi connectivity index (χ3n) is 2.64. The number of carboxylic acids is 1. The van der Waals surface area contributed by atoms with E-state index in [1.807, 2.05) is 0 Å². The zero-order valence-electron chi connectivity index (χ0n) is 11.6.